The average Bonchev–Trinajstić information content (AvgIpc) is 3.02. The molecular formula is C15H18N2O2. The maximum absolute atomic E-state index is 11.8. The molecule has 3 rings (SSSR count). The van der Waals surface area contributed by atoms with Crippen LogP contribution in [0.15, 0.2) is 30.5 Å². The molecule has 4 nitrogen and oxygen atoms in total. The van der Waals surface area contributed by atoms with Gasteiger partial charge in [0.15, 0.2) is 0 Å². The number of aliphatic hydroxyl groups is 1. The lowest BCUT2D eigenvalue weighted by Crippen LogP contribution is -2.27. The van der Waals surface area contributed by atoms with Crippen LogP contribution in [0.25, 0.3) is 10.9 Å². The fourth-order valence-corrected chi connectivity index (χ4v) is 2.82. The van der Waals surface area contributed by atoms with Crippen molar-refractivity contribution in [3.8, 4) is 0 Å². The molecule has 1 aromatic heterocycles. The summed E-state index contributed by atoms with van der Waals surface area (Å²) in [5.74, 6) is 0.288. The summed E-state index contributed by atoms with van der Waals surface area (Å²) in [6.45, 7) is 1.54. The Kier molecular flexibility index (Phi) is 3.25. The third-order valence-electron chi connectivity index (χ3n) is 3.89. The number of likely N-dealkylation sites (tertiary alicyclic amines) is 1. The molecule has 0 saturated carbocycles. The molecule has 1 amide bonds. The molecule has 2 heterocycles. The van der Waals surface area contributed by atoms with Crippen molar-refractivity contribution in [3.05, 3.63) is 36.0 Å². The maximum atomic E-state index is 11.8. The first kappa shape index (κ1) is 12.2. The molecule has 0 aliphatic carbocycles. The second-order valence-corrected chi connectivity index (χ2v) is 5.20. The number of benzene rings is 1. The van der Waals surface area contributed by atoms with Gasteiger partial charge in [-0.25, -0.2) is 0 Å². The highest BCUT2D eigenvalue weighted by molar-refractivity contribution is 5.83. The van der Waals surface area contributed by atoms with Crippen LogP contribution in [-0.2, 0) is 11.2 Å². The molecule has 0 bridgehead atoms. The fourth-order valence-electron chi connectivity index (χ4n) is 2.82. The lowest BCUT2D eigenvalue weighted by molar-refractivity contribution is -0.127. The number of fused-ring (bicyclic) bond motifs is 1. The summed E-state index contributed by atoms with van der Waals surface area (Å²) in [7, 11) is 0. The first-order chi connectivity index (χ1) is 9.28. The number of aromatic amines is 1. The largest absolute Gasteiger partial charge is 0.396 e. The number of hydrogen-bond acceptors (Lipinski definition) is 2. The van der Waals surface area contributed by atoms with Crippen LogP contribution in [0.2, 0.25) is 0 Å². The number of H-pyrrole nitrogens is 1. The lowest BCUT2D eigenvalue weighted by Gasteiger charge is -2.16. The Bertz CT molecular complexity index is 591. The Hall–Kier alpha value is -1.81. The highest BCUT2D eigenvalue weighted by Gasteiger charge is 2.28. The van der Waals surface area contributed by atoms with Gasteiger partial charge in [-0.1, -0.05) is 12.1 Å². The zero-order valence-electron chi connectivity index (χ0n) is 10.8. The number of aliphatic hydroxyl groups excluding tert-OH is 1. The Labute approximate surface area is 112 Å². The average molecular weight is 258 g/mol. The molecule has 1 fully saturated rings. The van der Waals surface area contributed by atoms with E-state index in [0.717, 1.165) is 18.5 Å². The van der Waals surface area contributed by atoms with Crippen molar-refractivity contribution in [2.45, 2.75) is 12.8 Å². The molecule has 1 saturated heterocycles. The first-order valence-corrected chi connectivity index (χ1v) is 6.71. The third-order valence-corrected chi connectivity index (χ3v) is 3.89. The SMILES string of the molecule is O=C1CC(CO)CN1CCc1cccc2[nH]ccc12. The van der Waals surface area contributed by atoms with Gasteiger partial charge in [0.1, 0.15) is 0 Å². The summed E-state index contributed by atoms with van der Waals surface area (Å²) in [5, 5.41) is 10.3. The quantitative estimate of drug-likeness (QED) is 0.874. The molecule has 4 heteroatoms. The highest BCUT2D eigenvalue weighted by Crippen LogP contribution is 2.21. The molecule has 1 aliphatic heterocycles. The van der Waals surface area contributed by atoms with Crippen molar-refractivity contribution in [1.82, 2.24) is 9.88 Å². The van der Waals surface area contributed by atoms with Crippen LogP contribution in [0.3, 0.4) is 0 Å². The molecular weight excluding hydrogens is 240 g/mol. The zero-order chi connectivity index (χ0) is 13.2. The maximum Gasteiger partial charge on any atom is 0.223 e. The Morgan fingerprint density at radius 1 is 1.37 bits per heavy atom. The van der Waals surface area contributed by atoms with Crippen molar-refractivity contribution in [3.63, 3.8) is 0 Å². The molecule has 2 N–H and O–H groups in total. The van der Waals surface area contributed by atoms with Gasteiger partial charge in [-0.05, 0) is 24.1 Å². The number of nitrogens with zero attached hydrogens (tertiary/aromatic N) is 1. The van der Waals surface area contributed by atoms with Crippen LogP contribution in [-0.4, -0.2) is 40.6 Å². The van der Waals surface area contributed by atoms with Gasteiger partial charge < -0.3 is 15.0 Å². The predicted molar refractivity (Wildman–Crippen MR) is 73.8 cm³/mol. The van der Waals surface area contributed by atoms with Gasteiger partial charge in [0.2, 0.25) is 5.91 Å². The third kappa shape index (κ3) is 2.36. The zero-order valence-corrected chi connectivity index (χ0v) is 10.8. The van der Waals surface area contributed by atoms with Crippen molar-refractivity contribution in [2.24, 2.45) is 5.92 Å². The molecule has 1 aromatic carbocycles. The van der Waals surface area contributed by atoms with E-state index in [2.05, 4.69) is 23.2 Å². The number of carbonyl (C=O) groups excluding carboxylic acids is 1. The molecule has 1 atom stereocenters. The minimum absolute atomic E-state index is 0.107. The van der Waals surface area contributed by atoms with Crippen LogP contribution >= 0.6 is 0 Å². The minimum Gasteiger partial charge on any atom is -0.396 e. The summed E-state index contributed by atoms with van der Waals surface area (Å²) in [5.41, 5.74) is 2.40. The van der Waals surface area contributed by atoms with Gasteiger partial charge in [0, 0.05) is 49.1 Å². The van der Waals surface area contributed by atoms with E-state index in [9.17, 15) is 4.79 Å². The number of hydrogen-bond donors (Lipinski definition) is 2. The van der Waals surface area contributed by atoms with Crippen LogP contribution < -0.4 is 0 Å². The number of aromatic nitrogens is 1. The van der Waals surface area contributed by atoms with E-state index >= 15 is 0 Å². The number of rotatable bonds is 4. The minimum atomic E-state index is 0.107. The molecule has 0 spiro atoms. The predicted octanol–water partition coefficient (Wildman–Crippen LogP) is 1.55. The normalized spacial score (nSPS) is 19.5. The van der Waals surface area contributed by atoms with E-state index in [0.29, 0.717) is 13.0 Å². The number of amides is 1. The standard InChI is InChI=1S/C15H18N2O2/c18-10-11-8-15(19)17(9-11)7-5-12-2-1-3-14-13(12)4-6-16-14/h1-4,6,11,16,18H,5,7-10H2. The van der Waals surface area contributed by atoms with Gasteiger partial charge >= 0.3 is 0 Å². The molecule has 1 unspecified atom stereocenters. The Morgan fingerprint density at radius 2 is 2.26 bits per heavy atom. The van der Waals surface area contributed by atoms with E-state index in [1.165, 1.54) is 10.9 Å². The van der Waals surface area contributed by atoms with Gasteiger partial charge in [-0.3, -0.25) is 4.79 Å². The molecule has 1 aliphatic rings. The van der Waals surface area contributed by atoms with Crippen LogP contribution in [0, 0.1) is 5.92 Å². The first-order valence-electron chi connectivity index (χ1n) is 6.71. The second-order valence-electron chi connectivity index (χ2n) is 5.20. The summed E-state index contributed by atoms with van der Waals surface area (Å²) >= 11 is 0. The fraction of sp³-hybridized carbons (Fsp3) is 0.400. The molecule has 19 heavy (non-hydrogen) atoms. The van der Waals surface area contributed by atoms with Crippen molar-refractivity contribution >= 4 is 16.8 Å². The van der Waals surface area contributed by atoms with Crippen molar-refractivity contribution < 1.29 is 9.90 Å². The van der Waals surface area contributed by atoms with Gasteiger partial charge in [0.05, 0.1) is 0 Å². The van der Waals surface area contributed by atoms with E-state index in [-0.39, 0.29) is 18.4 Å². The van der Waals surface area contributed by atoms with Crippen LogP contribution in [0.4, 0.5) is 0 Å². The monoisotopic (exact) mass is 258 g/mol. The summed E-state index contributed by atoms with van der Waals surface area (Å²) < 4.78 is 0. The summed E-state index contributed by atoms with van der Waals surface area (Å²) in [4.78, 5) is 16.9. The number of nitrogens with one attached hydrogen (secondary N) is 1. The second kappa shape index (κ2) is 5.05. The van der Waals surface area contributed by atoms with Crippen LogP contribution in [0.5, 0.6) is 0 Å². The Balaban J connectivity index is 1.69. The van der Waals surface area contributed by atoms with Gasteiger partial charge in [-0.2, -0.15) is 0 Å². The topological polar surface area (TPSA) is 56.3 Å². The van der Waals surface area contributed by atoms with Crippen molar-refractivity contribution in [1.29, 1.82) is 0 Å². The van der Waals surface area contributed by atoms with E-state index < -0.39 is 0 Å². The van der Waals surface area contributed by atoms with Gasteiger partial charge in [-0.15, -0.1) is 0 Å². The van der Waals surface area contributed by atoms with E-state index in [4.69, 9.17) is 5.11 Å². The highest BCUT2D eigenvalue weighted by atomic mass is 16.3. The smallest absolute Gasteiger partial charge is 0.223 e. The van der Waals surface area contributed by atoms with Crippen LogP contribution in [0.1, 0.15) is 12.0 Å². The lowest BCUT2D eigenvalue weighted by atomic mass is 10.1. The molecule has 2 aromatic rings. The van der Waals surface area contributed by atoms with E-state index in [1.807, 2.05) is 17.2 Å². The van der Waals surface area contributed by atoms with E-state index in [1.54, 1.807) is 0 Å². The van der Waals surface area contributed by atoms with Crippen molar-refractivity contribution in [2.75, 3.05) is 19.7 Å². The summed E-state index contributed by atoms with van der Waals surface area (Å²) in [6, 6.07) is 8.28. The summed E-state index contributed by atoms with van der Waals surface area (Å²) in [6.07, 6.45) is 3.29. The van der Waals surface area contributed by atoms with Gasteiger partial charge in [0.25, 0.3) is 0 Å². The molecule has 0 radical (unpaired) electrons. The Morgan fingerprint density at radius 3 is 3.05 bits per heavy atom. The molecule has 100 valence electrons. The number of carbonyl (C=O) groups is 1.